The standard InChI is InChI=1S/C16H16BrNOS/c1-11-8-13(2-5-15(11)17)16(19)18(14-3-4-14)9-12-6-7-20-10-12/h2,5-8,10,14H,3-4,9H2,1H3. The van der Waals surface area contributed by atoms with Gasteiger partial charge in [0.15, 0.2) is 0 Å². The zero-order chi connectivity index (χ0) is 14.1. The maximum atomic E-state index is 12.7. The predicted octanol–water partition coefficient (Wildman–Crippen LogP) is 4.62. The summed E-state index contributed by atoms with van der Waals surface area (Å²) in [5, 5.41) is 4.18. The van der Waals surface area contributed by atoms with Crippen molar-refractivity contribution in [3.63, 3.8) is 0 Å². The van der Waals surface area contributed by atoms with E-state index in [4.69, 9.17) is 0 Å². The summed E-state index contributed by atoms with van der Waals surface area (Å²) in [4.78, 5) is 14.7. The van der Waals surface area contributed by atoms with Crippen LogP contribution in [0.5, 0.6) is 0 Å². The number of carbonyl (C=O) groups is 1. The topological polar surface area (TPSA) is 20.3 Å². The highest BCUT2D eigenvalue weighted by Crippen LogP contribution is 2.30. The van der Waals surface area contributed by atoms with E-state index < -0.39 is 0 Å². The lowest BCUT2D eigenvalue weighted by molar-refractivity contribution is 0.0730. The molecule has 0 unspecified atom stereocenters. The molecule has 1 heterocycles. The second-order valence-electron chi connectivity index (χ2n) is 5.26. The highest BCUT2D eigenvalue weighted by Gasteiger charge is 2.33. The number of thiophene rings is 1. The average Bonchev–Trinajstić information content (AvgIpc) is 3.15. The molecule has 1 saturated carbocycles. The first kappa shape index (κ1) is 13.8. The maximum absolute atomic E-state index is 12.7. The fourth-order valence-electron chi connectivity index (χ4n) is 2.28. The molecule has 0 N–H and O–H groups in total. The van der Waals surface area contributed by atoms with Crippen LogP contribution >= 0.6 is 27.3 Å². The Kier molecular flexibility index (Phi) is 3.94. The minimum Gasteiger partial charge on any atom is -0.331 e. The van der Waals surface area contributed by atoms with E-state index in [9.17, 15) is 4.79 Å². The van der Waals surface area contributed by atoms with Gasteiger partial charge in [-0.3, -0.25) is 4.79 Å². The number of hydrogen-bond acceptors (Lipinski definition) is 2. The number of rotatable bonds is 4. The number of carbonyl (C=O) groups excluding carboxylic acids is 1. The van der Waals surface area contributed by atoms with Gasteiger partial charge in [0.2, 0.25) is 0 Å². The van der Waals surface area contributed by atoms with Crippen LogP contribution in [-0.2, 0) is 6.54 Å². The highest BCUT2D eigenvalue weighted by molar-refractivity contribution is 9.10. The number of amides is 1. The number of hydrogen-bond donors (Lipinski definition) is 0. The minimum absolute atomic E-state index is 0.148. The number of benzene rings is 1. The van der Waals surface area contributed by atoms with Gasteiger partial charge in [0.1, 0.15) is 0 Å². The zero-order valence-corrected chi connectivity index (χ0v) is 13.7. The van der Waals surface area contributed by atoms with Crippen molar-refractivity contribution < 1.29 is 4.79 Å². The largest absolute Gasteiger partial charge is 0.331 e. The summed E-state index contributed by atoms with van der Waals surface area (Å²) in [5.74, 6) is 0.148. The van der Waals surface area contributed by atoms with E-state index >= 15 is 0 Å². The van der Waals surface area contributed by atoms with E-state index in [1.54, 1.807) is 11.3 Å². The molecule has 1 amide bonds. The van der Waals surface area contributed by atoms with Crippen molar-refractivity contribution in [2.45, 2.75) is 32.4 Å². The third-order valence-corrected chi connectivity index (χ3v) is 5.21. The Morgan fingerprint density at radius 3 is 2.80 bits per heavy atom. The van der Waals surface area contributed by atoms with E-state index in [1.807, 2.05) is 30.0 Å². The molecule has 4 heteroatoms. The highest BCUT2D eigenvalue weighted by atomic mass is 79.9. The Morgan fingerprint density at radius 2 is 2.20 bits per heavy atom. The van der Waals surface area contributed by atoms with Gasteiger partial charge in [-0.25, -0.2) is 0 Å². The predicted molar refractivity (Wildman–Crippen MR) is 86.1 cm³/mol. The lowest BCUT2D eigenvalue weighted by Gasteiger charge is -2.22. The van der Waals surface area contributed by atoms with Crippen molar-refractivity contribution in [3.8, 4) is 0 Å². The van der Waals surface area contributed by atoms with Crippen LogP contribution in [-0.4, -0.2) is 16.8 Å². The van der Waals surface area contributed by atoms with Gasteiger partial charge in [0.05, 0.1) is 0 Å². The molecule has 1 aliphatic carbocycles. The average molecular weight is 350 g/mol. The molecule has 1 aromatic heterocycles. The summed E-state index contributed by atoms with van der Waals surface area (Å²) in [5.41, 5.74) is 3.11. The molecular formula is C16H16BrNOS. The molecule has 1 aliphatic rings. The van der Waals surface area contributed by atoms with Crippen molar-refractivity contribution in [2.75, 3.05) is 0 Å². The van der Waals surface area contributed by atoms with Gasteiger partial charge in [-0.05, 0) is 65.9 Å². The van der Waals surface area contributed by atoms with E-state index in [0.29, 0.717) is 6.04 Å². The molecule has 0 spiro atoms. The van der Waals surface area contributed by atoms with E-state index in [0.717, 1.165) is 35.0 Å². The number of halogens is 1. The lowest BCUT2D eigenvalue weighted by atomic mass is 10.1. The summed E-state index contributed by atoms with van der Waals surface area (Å²) in [6.07, 6.45) is 2.26. The molecule has 1 fully saturated rings. The zero-order valence-electron chi connectivity index (χ0n) is 11.3. The molecule has 0 aliphatic heterocycles. The third-order valence-electron chi connectivity index (χ3n) is 3.59. The van der Waals surface area contributed by atoms with Crippen LogP contribution in [0.4, 0.5) is 0 Å². The van der Waals surface area contributed by atoms with Gasteiger partial charge >= 0.3 is 0 Å². The first-order chi connectivity index (χ1) is 9.65. The van der Waals surface area contributed by atoms with Crippen molar-refractivity contribution in [1.29, 1.82) is 0 Å². The molecule has 0 radical (unpaired) electrons. The molecule has 104 valence electrons. The van der Waals surface area contributed by atoms with E-state index in [2.05, 4.69) is 32.8 Å². The van der Waals surface area contributed by atoms with Crippen LogP contribution in [0.2, 0.25) is 0 Å². The molecule has 20 heavy (non-hydrogen) atoms. The monoisotopic (exact) mass is 349 g/mol. The first-order valence-corrected chi connectivity index (χ1v) is 8.47. The van der Waals surface area contributed by atoms with Gasteiger partial charge in [-0.2, -0.15) is 11.3 Å². The van der Waals surface area contributed by atoms with Crippen LogP contribution in [0.1, 0.15) is 34.3 Å². The van der Waals surface area contributed by atoms with Crippen molar-refractivity contribution in [3.05, 3.63) is 56.2 Å². The Balaban J connectivity index is 1.83. The van der Waals surface area contributed by atoms with Crippen molar-refractivity contribution >= 4 is 33.2 Å². The molecule has 2 nitrogen and oxygen atoms in total. The molecule has 2 aromatic rings. The first-order valence-electron chi connectivity index (χ1n) is 6.73. The van der Waals surface area contributed by atoms with Crippen LogP contribution < -0.4 is 0 Å². The normalized spacial score (nSPS) is 14.3. The molecule has 3 rings (SSSR count). The summed E-state index contributed by atoms with van der Waals surface area (Å²) in [7, 11) is 0. The van der Waals surface area contributed by atoms with Crippen molar-refractivity contribution in [2.24, 2.45) is 0 Å². The molecule has 0 bridgehead atoms. The fraction of sp³-hybridized carbons (Fsp3) is 0.312. The van der Waals surface area contributed by atoms with Crippen LogP contribution in [0.25, 0.3) is 0 Å². The second kappa shape index (κ2) is 5.70. The fourth-order valence-corrected chi connectivity index (χ4v) is 3.18. The summed E-state index contributed by atoms with van der Waals surface area (Å²) < 4.78 is 1.05. The van der Waals surface area contributed by atoms with Gasteiger partial charge in [-0.15, -0.1) is 0 Å². The number of nitrogens with zero attached hydrogens (tertiary/aromatic N) is 1. The Bertz CT molecular complexity index is 619. The third kappa shape index (κ3) is 2.96. The van der Waals surface area contributed by atoms with E-state index in [-0.39, 0.29) is 5.91 Å². The Labute approximate surface area is 131 Å². The van der Waals surface area contributed by atoms with Gasteiger partial charge in [0, 0.05) is 22.6 Å². The van der Waals surface area contributed by atoms with Crippen molar-refractivity contribution in [1.82, 2.24) is 4.90 Å². The molecule has 0 atom stereocenters. The van der Waals surface area contributed by atoms with Crippen LogP contribution in [0, 0.1) is 6.92 Å². The summed E-state index contributed by atoms with van der Waals surface area (Å²) in [6, 6.07) is 8.35. The Hall–Kier alpha value is -1.13. The van der Waals surface area contributed by atoms with Crippen LogP contribution in [0.15, 0.2) is 39.5 Å². The SMILES string of the molecule is Cc1cc(C(=O)N(Cc2ccsc2)C2CC2)ccc1Br. The van der Waals surface area contributed by atoms with Gasteiger partial charge < -0.3 is 4.90 Å². The number of aryl methyl sites for hydroxylation is 1. The second-order valence-corrected chi connectivity index (χ2v) is 6.89. The van der Waals surface area contributed by atoms with E-state index in [1.165, 1.54) is 5.56 Å². The van der Waals surface area contributed by atoms with Crippen LogP contribution in [0.3, 0.4) is 0 Å². The van der Waals surface area contributed by atoms with Gasteiger partial charge in [0.25, 0.3) is 5.91 Å². The summed E-state index contributed by atoms with van der Waals surface area (Å²) in [6.45, 7) is 2.74. The maximum Gasteiger partial charge on any atom is 0.254 e. The molecular weight excluding hydrogens is 334 g/mol. The quantitative estimate of drug-likeness (QED) is 0.788. The molecule has 1 aromatic carbocycles. The molecule has 0 saturated heterocycles. The summed E-state index contributed by atoms with van der Waals surface area (Å²) >= 11 is 5.16. The smallest absolute Gasteiger partial charge is 0.254 e. The minimum atomic E-state index is 0.148. The Morgan fingerprint density at radius 1 is 1.40 bits per heavy atom. The lowest BCUT2D eigenvalue weighted by Crippen LogP contribution is -2.32. The van der Waals surface area contributed by atoms with Gasteiger partial charge in [-0.1, -0.05) is 15.9 Å².